The first-order valence-corrected chi connectivity index (χ1v) is 12.9. The Morgan fingerprint density at radius 1 is 1.14 bits per heavy atom. The van der Waals surface area contributed by atoms with Crippen molar-refractivity contribution in [2.75, 3.05) is 36.8 Å². The van der Waals surface area contributed by atoms with E-state index in [0.29, 0.717) is 19.1 Å². The Morgan fingerprint density at radius 2 is 2.03 bits per heavy atom. The van der Waals surface area contributed by atoms with Crippen LogP contribution in [0.25, 0.3) is 16.6 Å². The molecule has 1 aliphatic heterocycles. The Kier molecular flexibility index (Phi) is 7.61. The molecule has 1 aliphatic carbocycles. The van der Waals surface area contributed by atoms with Gasteiger partial charge in [0.2, 0.25) is 5.91 Å². The van der Waals surface area contributed by atoms with Crippen LogP contribution in [0.2, 0.25) is 0 Å². The van der Waals surface area contributed by atoms with Crippen molar-refractivity contribution in [3.63, 3.8) is 0 Å². The van der Waals surface area contributed by atoms with Crippen LogP contribution in [0.5, 0.6) is 0 Å². The van der Waals surface area contributed by atoms with Gasteiger partial charge in [-0.25, -0.2) is 9.97 Å². The number of fused-ring (bicyclic) bond motifs is 1. The van der Waals surface area contributed by atoms with Crippen molar-refractivity contribution in [1.82, 2.24) is 25.2 Å². The average Bonchev–Trinajstić information content (AvgIpc) is 3.52. The fourth-order valence-corrected chi connectivity index (χ4v) is 4.96. The molecule has 1 saturated heterocycles. The van der Waals surface area contributed by atoms with Gasteiger partial charge in [-0.1, -0.05) is 36.4 Å². The zero-order chi connectivity index (χ0) is 24.7. The first-order valence-electron chi connectivity index (χ1n) is 12.9. The van der Waals surface area contributed by atoms with Gasteiger partial charge in [-0.2, -0.15) is 0 Å². The number of para-hydroxylation sites is 1. The van der Waals surface area contributed by atoms with Gasteiger partial charge in [-0.15, -0.1) is 0 Å². The number of allylic oxidation sites excluding steroid dienone is 4. The summed E-state index contributed by atoms with van der Waals surface area (Å²) in [5.41, 5.74) is 4.20. The highest BCUT2D eigenvalue weighted by Crippen LogP contribution is 2.28. The minimum atomic E-state index is -0.0336. The maximum absolute atomic E-state index is 11.3. The second kappa shape index (κ2) is 11.4. The van der Waals surface area contributed by atoms with Crippen LogP contribution < -0.4 is 16.0 Å². The molecule has 8 nitrogen and oxygen atoms in total. The van der Waals surface area contributed by atoms with E-state index in [1.165, 1.54) is 25.5 Å². The molecule has 0 saturated carbocycles. The van der Waals surface area contributed by atoms with Gasteiger partial charge in [0.15, 0.2) is 5.82 Å². The highest BCUT2D eigenvalue weighted by molar-refractivity contribution is 5.89. The monoisotopic (exact) mass is 485 g/mol. The second-order valence-corrected chi connectivity index (χ2v) is 9.52. The van der Waals surface area contributed by atoms with Crippen LogP contribution in [0.3, 0.4) is 0 Å². The molecule has 3 heterocycles. The molecule has 1 aromatic carbocycles. The molecule has 4 N–H and O–H groups in total. The van der Waals surface area contributed by atoms with E-state index in [0.717, 1.165) is 66.4 Å². The molecule has 188 valence electrons. The lowest BCUT2D eigenvalue weighted by molar-refractivity contribution is -0.118. The lowest BCUT2D eigenvalue weighted by atomic mass is 10.1. The third kappa shape index (κ3) is 5.94. The van der Waals surface area contributed by atoms with Crippen LogP contribution in [0, 0.1) is 0 Å². The number of anilines is 2. The van der Waals surface area contributed by atoms with Crippen LogP contribution in [-0.4, -0.2) is 58.0 Å². The first-order chi connectivity index (χ1) is 17.7. The summed E-state index contributed by atoms with van der Waals surface area (Å²) in [5, 5.41) is 10.8. The summed E-state index contributed by atoms with van der Waals surface area (Å²) in [4.78, 5) is 27.1. The Balaban J connectivity index is 1.34. The quantitative estimate of drug-likeness (QED) is 0.320. The van der Waals surface area contributed by atoms with E-state index in [1.54, 1.807) is 0 Å². The number of hydrogen-bond acceptors (Lipinski definition) is 6. The van der Waals surface area contributed by atoms with E-state index < -0.39 is 0 Å². The molecule has 0 bridgehead atoms. The smallest absolute Gasteiger partial charge is 0.216 e. The predicted molar refractivity (Wildman–Crippen MR) is 146 cm³/mol. The van der Waals surface area contributed by atoms with Crippen molar-refractivity contribution in [1.29, 1.82) is 0 Å². The molecule has 5 rings (SSSR count). The lowest BCUT2D eigenvalue weighted by Crippen LogP contribution is -2.34. The minimum Gasteiger partial charge on any atom is -0.383 e. The van der Waals surface area contributed by atoms with Crippen LogP contribution >= 0.6 is 0 Å². The van der Waals surface area contributed by atoms with Gasteiger partial charge in [0.05, 0.1) is 5.39 Å². The second-order valence-electron chi connectivity index (χ2n) is 9.52. The number of rotatable bonds is 10. The number of carbonyl (C=O) groups is 1. The standard InChI is InChI=1S/C28H35N7O/c1-20(36)29-14-15-30-27-25-17-23(32-28(25)34-26(33-27)21-9-4-2-5-10-21)19-35-16-8-13-24(35)18-31-22-11-6-3-7-12-22/h3-4,6-7,9-12,17,24,31H,2,5,8,13-16,18-19H2,1H3,(H,29,36)(H2,30,32,33,34)/t24-/m0/s1. The van der Waals surface area contributed by atoms with Gasteiger partial charge < -0.3 is 20.9 Å². The summed E-state index contributed by atoms with van der Waals surface area (Å²) >= 11 is 0. The fraction of sp³-hybridized carbons (Fsp3) is 0.393. The predicted octanol–water partition coefficient (Wildman–Crippen LogP) is 4.32. The zero-order valence-corrected chi connectivity index (χ0v) is 20.9. The Labute approximate surface area is 212 Å². The molecule has 1 atom stereocenters. The zero-order valence-electron chi connectivity index (χ0n) is 20.9. The number of likely N-dealkylation sites (tertiary alicyclic amines) is 1. The van der Waals surface area contributed by atoms with E-state index in [1.807, 2.05) is 6.07 Å². The van der Waals surface area contributed by atoms with Crippen LogP contribution in [0.15, 0.2) is 54.6 Å². The van der Waals surface area contributed by atoms with E-state index in [4.69, 9.17) is 9.97 Å². The molecular formula is C28H35N7O. The molecule has 1 fully saturated rings. The van der Waals surface area contributed by atoms with Gasteiger partial charge in [-0.05, 0) is 50.4 Å². The van der Waals surface area contributed by atoms with E-state index in [9.17, 15) is 4.79 Å². The van der Waals surface area contributed by atoms with Crippen molar-refractivity contribution < 1.29 is 4.79 Å². The number of aromatic nitrogens is 3. The van der Waals surface area contributed by atoms with Gasteiger partial charge in [0.25, 0.3) is 0 Å². The number of nitrogens with one attached hydrogen (secondary N) is 4. The average molecular weight is 486 g/mol. The van der Waals surface area contributed by atoms with Crippen molar-refractivity contribution in [3.8, 4) is 0 Å². The molecule has 2 aromatic heterocycles. The van der Waals surface area contributed by atoms with Gasteiger partial charge >= 0.3 is 0 Å². The SMILES string of the molecule is CC(=O)NCCNc1nc(C2=CCCC=C2)nc2[nH]c(CN3CCC[C@H]3CNc3ccccc3)cc12. The molecular weight excluding hydrogens is 450 g/mol. The maximum atomic E-state index is 11.3. The number of H-pyrrole nitrogens is 1. The normalized spacial score (nSPS) is 17.8. The molecule has 0 unspecified atom stereocenters. The largest absolute Gasteiger partial charge is 0.383 e. The summed E-state index contributed by atoms with van der Waals surface area (Å²) in [6.07, 6.45) is 10.9. The minimum absolute atomic E-state index is 0.0336. The fourth-order valence-electron chi connectivity index (χ4n) is 4.96. The Bertz CT molecular complexity index is 1250. The molecule has 8 heteroatoms. The third-order valence-corrected chi connectivity index (χ3v) is 6.78. The van der Waals surface area contributed by atoms with Gasteiger partial charge in [0, 0.05) is 56.1 Å². The third-order valence-electron chi connectivity index (χ3n) is 6.78. The molecule has 36 heavy (non-hydrogen) atoms. The van der Waals surface area contributed by atoms with Crippen LogP contribution in [0.4, 0.5) is 11.5 Å². The van der Waals surface area contributed by atoms with E-state index in [-0.39, 0.29) is 5.91 Å². The topological polar surface area (TPSA) is 98.0 Å². The van der Waals surface area contributed by atoms with Crippen molar-refractivity contribution in [2.24, 2.45) is 0 Å². The number of carbonyl (C=O) groups excluding carboxylic acids is 1. The summed E-state index contributed by atoms with van der Waals surface area (Å²) in [5.74, 6) is 1.49. The van der Waals surface area contributed by atoms with E-state index in [2.05, 4.69) is 74.4 Å². The van der Waals surface area contributed by atoms with Crippen molar-refractivity contribution in [2.45, 2.75) is 45.2 Å². The number of amides is 1. The van der Waals surface area contributed by atoms with Crippen LogP contribution in [0.1, 0.15) is 44.1 Å². The molecule has 2 aliphatic rings. The highest BCUT2D eigenvalue weighted by Gasteiger charge is 2.25. The van der Waals surface area contributed by atoms with Gasteiger partial charge in [-0.3, -0.25) is 9.69 Å². The molecule has 0 radical (unpaired) electrons. The van der Waals surface area contributed by atoms with Crippen molar-refractivity contribution >= 4 is 34.0 Å². The first kappa shape index (κ1) is 24.1. The number of benzene rings is 1. The molecule has 0 spiro atoms. The lowest BCUT2D eigenvalue weighted by Gasteiger charge is -2.24. The summed E-state index contributed by atoms with van der Waals surface area (Å²) < 4.78 is 0. The summed E-state index contributed by atoms with van der Waals surface area (Å²) in [6.45, 7) is 5.54. The maximum Gasteiger partial charge on any atom is 0.216 e. The Morgan fingerprint density at radius 3 is 2.83 bits per heavy atom. The van der Waals surface area contributed by atoms with Crippen LogP contribution in [-0.2, 0) is 11.3 Å². The number of hydrogen-bond donors (Lipinski definition) is 4. The van der Waals surface area contributed by atoms with E-state index >= 15 is 0 Å². The summed E-state index contributed by atoms with van der Waals surface area (Å²) in [6, 6.07) is 13.1. The Hall–Kier alpha value is -3.65. The summed E-state index contributed by atoms with van der Waals surface area (Å²) in [7, 11) is 0. The van der Waals surface area contributed by atoms with Crippen molar-refractivity contribution in [3.05, 3.63) is 66.1 Å². The number of nitrogens with zero attached hydrogens (tertiary/aromatic N) is 3. The van der Waals surface area contributed by atoms with Gasteiger partial charge in [0.1, 0.15) is 11.5 Å². The molecule has 1 amide bonds. The highest BCUT2D eigenvalue weighted by atomic mass is 16.1. The number of aromatic amines is 1. The molecule has 3 aromatic rings.